The van der Waals surface area contributed by atoms with E-state index in [0.29, 0.717) is 17.9 Å². The lowest BCUT2D eigenvalue weighted by Gasteiger charge is -2.08. The standard InChI is InChI=1S/C27H24N2O4S/c1-33-27-16-28-15-20-6-5-18(12-24(20)27)13-26(30)25-14-23(25)19-7-9-22(10-8-19)34(31,32)17-21-4-2-3-11-29-21/h2-12,15-16,23,25H,13-14,17H2,1H3/t23?,25-/m1/s1. The molecule has 0 saturated heterocycles. The van der Waals surface area contributed by atoms with Crippen LogP contribution in [0.15, 0.2) is 84.1 Å². The van der Waals surface area contributed by atoms with E-state index in [9.17, 15) is 13.2 Å². The molecule has 2 aromatic heterocycles. The number of methoxy groups -OCH3 is 1. The predicted octanol–water partition coefficient (Wildman–Crippen LogP) is 4.53. The highest BCUT2D eigenvalue weighted by Gasteiger charge is 2.43. The summed E-state index contributed by atoms with van der Waals surface area (Å²) < 4.78 is 30.8. The highest BCUT2D eigenvalue weighted by molar-refractivity contribution is 7.90. The van der Waals surface area contributed by atoms with Crippen molar-refractivity contribution in [3.63, 3.8) is 0 Å². The molecular weight excluding hydrogens is 448 g/mol. The van der Waals surface area contributed by atoms with Crippen LogP contribution in [-0.4, -0.2) is 31.3 Å². The van der Waals surface area contributed by atoms with Gasteiger partial charge in [-0.05, 0) is 53.8 Å². The Kier molecular flexibility index (Phi) is 5.87. The van der Waals surface area contributed by atoms with E-state index in [1.165, 1.54) is 0 Å². The second kappa shape index (κ2) is 8.99. The molecule has 1 aliphatic carbocycles. The summed E-state index contributed by atoms with van der Waals surface area (Å²) in [5.74, 6) is 0.855. The Hall–Kier alpha value is -3.58. The molecule has 1 aliphatic rings. The Morgan fingerprint density at radius 2 is 1.88 bits per heavy atom. The van der Waals surface area contributed by atoms with Crippen LogP contribution < -0.4 is 4.74 Å². The van der Waals surface area contributed by atoms with Crippen molar-refractivity contribution in [2.75, 3.05) is 7.11 Å². The van der Waals surface area contributed by atoms with Crippen LogP contribution >= 0.6 is 0 Å². The summed E-state index contributed by atoms with van der Waals surface area (Å²) in [4.78, 5) is 21.5. The fourth-order valence-electron chi connectivity index (χ4n) is 4.39. The first kappa shape index (κ1) is 22.2. The third-order valence-electron chi connectivity index (χ3n) is 6.32. The van der Waals surface area contributed by atoms with Crippen LogP contribution in [-0.2, 0) is 26.8 Å². The second-order valence-electron chi connectivity index (χ2n) is 8.64. The van der Waals surface area contributed by atoms with Crippen LogP contribution in [0, 0.1) is 5.92 Å². The zero-order chi connectivity index (χ0) is 23.7. The number of hydrogen-bond acceptors (Lipinski definition) is 6. The minimum atomic E-state index is -3.47. The van der Waals surface area contributed by atoms with E-state index in [1.807, 2.05) is 30.3 Å². The molecule has 6 nitrogen and oxygen atoms in total. The Balaban J connectivity index is 1.25. The molecule has 5 rings (SSSR count). The number of ketones is 1. The first-order valence-electron chi connectivity index (χ1n) is 11.1. The van der Waals surface area contributed by atoms with Gasteiger partial charge in [-0.2, -0.15) is 0 Å². The highest BCUT2D eigenvalue weighted by atomic mass is 32.2. The average Bonchev–Trinajstić information content (AvgIpc) is 3.65. The zero-order valence-corrected chi connectivity index (χ0v) is 19.5. The van der Waals surface area contributed by atoms with Gasteiger partial charge in [0.15, 0.2) is 9.84 Å². The number of hydrogen-bond donors (Lipinski definition) is 0. The first-order valence-corrected chi connectivity index (χ1v) is 12.8. The van der Waals surface area contributed by atoms with Gasteiger partial charge in [-0.3, -0.25) is 14.8 Å². The maximum atomic E-state index is 12.9. The number of rotatable bonds is 8. The molecule has 2 heterocycles. The van der Waals surface area contributed by atoms with Crippen LogP contribution in [0.25, 0.3) is 10.8 Å². The normalized spacial score (nSPS) is 17.4. The Bertz CT molecular complexity index is 1450. The molecule has 1 unspecified atom stereocenters. The number of aromatic nitrogens is 2. The monoisotopic (exact) mass is 472 g/mol. The maximum Gasteiger partial charge on any atom is 0.184 e. The molecule has 0 amide bonds. The number of carbonyl (C=O) groups is 1. The Morgan fingerprint density at radius 3 is 2.62 bits per heavy atom. The number of fused-ring (bicyclic) bond motifs is 1. The average molecular weight is 473 g/mol. The third-order valence-corrected chi connectivity index (χ3v) is 7.99. The highest BCUT2D eigenvalue weighted by Crippen LogP contribution is 2.48. The van der Waals surface area contributed by atoms with Gasteiger partial charge in [0.1, 0.15) is 11.5 Å². The van der Waals surface area contributed by atoms with Gasteiger partial charge >= 0.3 is 0 Å². The van der Waals surface area contributed by atoms with Gasteiger partial charge in [-0.1, -0.05) is 30.3 Å². The molecule has 0 N–H and O–H groups in total. The fourth-order valence-corrected chi connectivity index (χ4v) is 5.67. The summed E-state index contributed by atoms with van der Waals surface area (Å²) in [7, 11) is -1.86. The van der Waals surface area contributed by atoms with Crippen molar-refractivity contribution in [1.29, 1.82) is 0 Å². The van der Waals surface area contributed by atoms with E-state index in [2.05, 4.69) is 9.97 Å². The number of sulfone groups is 1. The summed E-state index contributed by atoms with van der Waals surface area (Å²) in [6.45, 7) is 0. The molecule has 34 heavy (non-hydrogen) atoms. The zero-order valence-electron chi connectivity index (χ0n) is 18.7. The topological polar surface area (TPSA) is 86.2 Å². The van der Waals surface area contributed by atoms with Gasteiger partial charge in [0.2, 0.25) is 0 Å². The SMILES string of the molecule is COc1cncc2ccc(CC(=O)[C@@H]3CC3c3ccc(S(=O)(=O)Cc4ccccn4)cc3)cc12. The van der Waals surface area contributed by atoms with Crippen LogP contribution in [0.3, 0.4) is 0 Å². The molecular formula is C27H24N2O4S. The van der Waals surface area contributed by atoms with Gasteiger partial charge in [-0.25, -0.2) is 8.42 Å². The number of pyridine rings is 2. The molecule has 2 aromatic carbocycles. The van der Waals surface area contributed by atoms with E-state index in [4.69, 9.17) is 4.74 Å². The van der Waals surface area contributed by atoms with Crippen LogP contribution in [0.2, 0.25) is 0 Å². The number of ether oxygens (including phenoxy) is 1. The van der Waals surface area contributed by atoms with E-state index in [0.717, 1.165) is 28.3 Å². The van der Waals surface area contributed by atoms with Gasteiger partial charge in [0, 0.05) is 35.5 Å². The lowest BCUT2D eigenvalue weighted by molar-refractivity contribution is -0.119. The van der Waals surface area contributed by atoms with Crippen molar-refractivity contribution in [3.05, 3.63) is 96.1 Å². The smallest absolute Gasteiger partial charge is 0.184 e. The molecule has 172 valence electrons. The fraction of sp³-hybridized carbons (Fsp3) is 0.222. The molecule has 4 aromatic rings. The van der Waals surface area contributed by atoms with Crippen molar-refractivity contribution in [1.82, 2.24) is 9.97 Å². The molecule has 2 atom stereocenters. The predicted molar refractivity (Wildman–Crippen MR) is 129 cm³/mol. The van der Waals surface area contributed by atoms with Gasteiger partial charge in [0.25, 0.3) is 0 Å². The van der Waals surface area contributed by atoms with Crippen LogP contribution in [0.5, 0.6) is 5.75 Å². The Labute approximate surface area is 198 Å². The van der Waals surface area contributed by atoms with E-state index in [-0.39, 0.29) is 28.3 Å². The van der Waals surface area contributed by atoms with Crippen molar-refractivity contribution in [2.24, 2.45) is 5.92 Å². The lowest BCUT2D eigenvalue weighted by atomic mass is 10.0. The molecule has 0 bridgehead atoms. The quantitative estimate of drug-likeness (QED) is 0.375. The van der Waals surface area contributed by atoms with Gasteiger partial charge in [0.05, 0.1) is 29.6 Å². The second-order valence-corrected chi connectivity index (χ2v) is 10.6. The number of benzene rings is 2. The number of nitrogens with zero attached hydrogens (tertiary/aromatic N) is 2. The summed E-state index contributed by atoms with van der Waals surface area (Å²) >= 11 is 0. The van der Waals surface area contributed by atoms with Crippen LogP contribution in [0.4, 0.5) is 0 Å². The summed E-state index contributed by atoms with van der Waals surface area (Å²) in [6.07, 6.45) is 6.19. The molecule has 7 heteroatoms. The largest absolute Gasteiger partial charge is 0.494 e. The third kappa shape index (κ3) is 4.56. The maximum absolute atomic E-state index is 12.9. The van der Waals surface area contributed by atoms with Crippen molar-refractivity contribution in [3.8, 4) is 5.75 Å². The molecule has 1 fully saturated rings. The van der Waals surface area contributed by atoms with Crippen molar-refractivity contribution < 1.29 is 17.9 Å². The Morgan fingerprint density at radius 1 is 1.06 bits per heavy atom. The first-order chi connectivity index (χ1) is 16.4. The van der Waals surface area contributed by atoms with E-state index < -0.39 is 9.84 Å². The van der Waals surface area contributed by atoms with Crippen molar-refractivity contribution in [2.45, 2.75) is 29.4 Å². The number of Topliss-reactive ketones (excluding diaryl/α,β-unsaturated/α-hetero) is 1. The van der Waals surface area contributed by atoms with Gasteiger partial charge in [-0.15, -0.1) is 0 Å². The minimum absolute atomic E-state index is 0.0361. The van der Waals surface area contributed by atoms with Crippen LogP contribution in [0.1, 0.15) is 29.2 Å². The lowest BCUT2D eigenvalue weighted by Crippen LogP contribution is -2.07. The summed E-state index contributed by atoms with van der Waals surface area (Å²) in [6, 6.07) is 18.1. The molecule has 0 radical (unpaired) electrons. The molecule has 0 aliphatic heterocycles. The van der Waals surface area contributed by atoms with Crippen molar-refractivity contribution >= 4 is 26.4 Å². The summed E-state index contributed by atoms with van der Waals surface area (Å²) in [5, 5.41) is 1.91. The van der Waals surface area contributed by atoms with E-state index in [1.54, 1.807) is 56.0 Å². The van der Waals surface area contributed by atoms with E-state index >= 15 is 0 Å². The number of carbonyl (C=O) groups excluding carboxylic acids is 1. The van der Waals surface area contributed by atoms with Gasteiger partial charge < -0.3 is 4.74 Å². The molecule has 1 saturated carbocycles. The minimum Gasteiger partial charge on any atom is -0.494 e. The molecule has 0 spiro atoms. The summed E-state index contributed by atoms with van der Waals surface area (Å²) in [5.41, 5.74) is 2.46.